The van der Waals surface area contributed by atoms with Crippen molar-refractivity contribution in [1.82, 2.24) is 0 Å². The van der Waals surface area contributed by atoms with E-state index in [1.807, 2.05) is 0 Å². The molecule has 20 heavy (non-hydrogen) atoms. The van der Waals surface area contributed by atoms with Crippen LogP contribution >= 0.6 is 11.6 Å². The molecule has 4 nitrogen and oxygen atoms in total. The van der Waals surface area contributed by atoms with Crippen LogP contribution in [0.2, 0.25) is 5.02 Å². The quantitative estimate of drug-likeness (QED) is 0.536. The third kappa shape index (κ3) is 7.14. The van der Waals surface area contributed by atoms with E-state index in [4.69, 9.17) is 16.7 Å². The van der Waals surface area contributed by atoms with Gasteiger partial charge >= 0.3 is 5.97 Å². The average molecular weight is 298 g/mol. The Kier molecular flexibility index (Phi) is 7.73. The van der Waals surface area contributed by atoms with Crippen LogP contribution < -0.4 is 0 Å². The minimum absolute atomic E-state index is 0.173. The van der Waals surface area contributed by atoms with E-state index >= 15 is 0 Å². The third-order valence-corrected chi connectivity index (χ3v) is 3.13. The lowest BCUT2D eigenvalue weighted by Gasteiger charge is -2.00. The number of hydrogen-bond acceptors (Lipinski definition) is 3. The van der Waals surface area contributed by atoms with E-state index in [9.17, 15) is 9.90 Å². The van der Waals surface area contributed by atoms with E-state index in [0.29, 0.717) is 17.1 Å². The van der Waals surface area contributed by atoms with E-state index in [0.717, 1.165) is 32.1 Å². The largest absolute Gasteiger partial charge is 0.507 e. The number of carboxylic acid groups (broad SMARTS) is 1. The Balaban J connectivity index is 2.13. The molecule has 1 aromatic rings. The summed E-state index contributed by atoms with van der Waals surface area (Å²) in [5.74, 6) is -0.553. The van der Waals surface area contributed by atoms with E-state index in [2.05, 4.69) is 4.99 Å². The monoisotopic (exact) mass is 297 g/mol. The SMILES string of the molecule is O=C(O)CCCCCCCN=Cc1cc(Cl)ccc1O. The van der Waals surface area contributed by atoms with E-state index in [1.54, 1.807) is 24.4 Å². The highest BCUT2D eigenvalue weighted by Gasteiger charge is 1.98. The van der Waals surface area contributed by atoms with Gasteiger partial charge < -0.3 is 10.2 Å². The van der Waals surface area contributed by atoms with Crippen LogP contribution in [0.3, 0.4) is 0 Å². The van der Waals surface area contributed by atoms with Gasteiger partial charge in [-0.15, -0.1) is 0 Å². The lowest BCUT2D eigenvalue weighted by atomic mass is 10.1. The first-order valence-corrected chi connectivity index (χ1v) is 7.17. The second-order valence-electron chi connectivity index (χ2n) is 4.65. The van der Waals surface area contributed by atoms with Gasteiger partial charge in [0.25, 0.3) is 0 Å². The Hall–Kier alpha value is -1.55. The van der Waals surface area contributed by atoms with Crippen molar-refractivity contribution in [3.63, 3.8) is 0 Å². The maximum Gasteiger partial charge on any atom is 0.303 e. The second-order valence-corrected chi connectivity index (χ2v) is 5.09. The van der Waals surface area contributed by atoms with Gasteiger partial charge in [-0.25, -0.2) is 0 Å². The molecule has 2 N–H and O–H groups in total. The summed E-state index contributed by atoms with van der Waals surface area (Å²) in [6, 6.07) is 4.85. The van der Waals surface area contributed by atoms with Gasteiger partial charge in [-0.1, -0.05) is 30.9 Å². The number of aromatic hydroxyl groups is 1. The highest BCUT2D eigenvalue weighted by Crippen LogP contribution is 2.19. The van der Waals surface area contributed by atoms with Gasteiger partial charge in [0.15, 0.2) is 0 Å². The van der Waals surface area contributed by atoms with Crippen molar-refractivity contribution in [3.05, 3.63) is 28.8 Å². The van der Waals surface area contributed by atoms with Crippen molar-refractivity contribution < 1.29 is 15.0 Å². The Labute approximate surface area is 124 Å². The normalized spacial score (nSPS) is 11.1. The summed E-state index contributed by atoms with van der Waals surface area (Å²) < 4.78 is 0. The number of phenols is 1. The fraction of sp³-hybridized carbons (Fsp3) is 0.467. The molecule has 1 rings (SSSR count). The summed E-state index contributed by atoms with van der Waals surface area (Å²) in [5, 5.41) is 18.6. The van der Waals surface area contributed by atoms with Crippen LogP contribution in [0, 0.1) is 0 Å². The van der Waals surface area contributed by atoms with Gasteiger partial charge in [-0.2, -0.15) is 0 Å². The van der Waals surface area contributed by atoms with Crippen LogP contribution in [0.4, 0.5) is 0 Å². The molecule has 5 heteroatoms. The Morgan fingerprint density at radius 2 is 1.90 bits per heavy atom. The molecule has 0 heterocycles. The molecule has 0 aliphatic rings. The number of unbranched alkanes of at least 4 members (excludes halogenated alkanes) is 4. The van der Waals surface area contributed by atoms with Gasteiger partial charge in [-0.3, -0.25) is 9.79 Å². The van der Waals surface area contributed by atoms with E-state index in [-0.39, 0.29) is 12.2 Å². The molecule has 110 valence electrons. The van der Waals surface area contributed by atoms with Gasteiger partial charge in [0, 0.05) is 29.8 Å². The lowest BCUT2D eigenvalue weighted by Crippen LogP contribution is -1.93. The molecule has 0 saturated carbocycles. The van der Waals surface area contributed by atoms with Crippen molar-refractivity contribution in [2.45, 2.75) is 38.5 Å². The molecule has 0 aliphatic carbocycles. The van der Waals surface area contributed by atoms with E-state index in [1.165, 1.54) is 0 Å². The number of aliphatic carboxylic acids is 1. The summed E-state index contributed by atoms with van der Waals surface area (Å²) in [4.78, 5) is 14.6. The summed E-state index contributed by atoms with van der Waals surface area (Å²) in [7, 11) is 0. The molecule has 0 aromatic heterocycles. The molecule has 1 aromatic carbocycles. The van der Waals surface area contributed by atoms with Gasteiger partial charge in [-0.05, 0) is 31.0 Å². The predicted octanol–water partition coefficient (Wildman–Crippen LogP) is 3.89. The summed E-state index contributed by atoms with van der Waals surface area (Å²) in [6.45, 7) is 0.699. The standard InChI is InChI=1S/C15H20ClNO3/c16-13-7-8-14(18)12(10-13)11-17-9-5-3-1-2-4-6-15(19)20/h7-8,10-11,18H,1-6,9H2,(H,19,20). The maximum absolute atomic E-state index is 10.3. The summed E-state index contributed by atoms with van der Waals surface area (Å²) in [6.07, 6.45) is 6.62. The van der Waals surface area contributed by atoms with Crippen molar-refractivity contribution in [1.29, 1.82) is 0 Å². The molecule has 0 fully saturated rings. The number of nitrogens with zero attached hydrogens (tertiary/aromatic N) is 1. The van der Waals surface area contributed by atoms with Crippen molar-refractivity contribution in [3.8, 4) is 5.75 Å². The molecule has 0 spiro atoms. The van der Waals surface area contributed by atoms with Crippen LogP contribution in [-0.2, 0) is 4.79 Å². The summed E-state index contributed by atoms with van der Waals surface area (Å²) in [5.41, 5.74) is 0.624. The topological polar surface area (TPSA) is 69.9 Å². The fourth-order valence-corrected chi connectivity index (χ4v) is 1.98. The van der Waals surface area contributed by atoms with Crippen LogP contribution in [0.25, 0.3) is 0 Å². The highest BCUT2D eigenvalue weighted by molar-refractivity contribution is 6.30. The predicted molar refractivity (Wildman–Crippen MR) is 80.9 cm³/mol. The molecular formula is C15H20ClNO3. The molecule has 0 radical (unpaired) electrons. The molecule has 0 saturated heterocycles. The first kappa shape index (κ1) is 16.5. The maximum atomic E-state index is 10.3. The zero-order valence-corrected chi connectivity index (χ0v) is 12.1. The third-order valence-electron chi connectivity index (χ3n) is 2.90. The first-order valence-electron chi connectivity index (χ1n) is 6.80. The van der Waals surface area contributed by atoms with Gasteiger partial charge in [0.1, 0.15) is 5.75 Å². The lowest BCUT2D eigenvalue weighted by molar-refractivity contribution is -0.137. The minimum atomic E-state index is -0.726. The minimum Gasteiger partial charge on any atom is -0.507 e. The zero-order chi connectivity index (χ0) is 14.8. The number of carbonyl (C=O) groups is 1. The number of benzene rings is 1. The zero-order valence-electron chi connectivity index (χ0n) is 11.4. The number of hydrogen-bond donors (Lipinski definition) is 2. The van der Waals surface area contributed by atoms with Crippen molar-refractivity contribution >= 4 is 23.8 Å². The number of aliphatic imine (C=N–C) groups is 1. The Morgan fingerprint density at radius 3 is 2.65 bits per heavy atom. The number of halogens is 1. The average Bonchev–Trinajstić information content (AvgIpc) is 2.40. The highest BCUT2D eigenvalue weighted by atomic mass is 35.5. The molecule has 0 unspecified atom stereocenters. The van der Waals surface area contributed by atoms with Crippen molar-refractivity contribution in [2.75, 3.05) is 6.54 Å². The molecule has 0 aliphatic heterocycles. The van der Waals surface area contributed by atoms with Gasteiger partial charge in [0.05, 0.1) is 0 Å². The number of rotatable bonds is 9. The molecule has 0 atom stereocenters. The fourth-order valence-electron chi connectivity index (χ4n) is 1.80. The Bertz CT molecular complexity index is 460. The van der Waals surface area contributed by atoms with Gasteiger partial charge in [0.2, 0.25) is 0 Å². The van der Waals surface area contributed by atoms with Crippen LogP contribution in [0.15, 0.2) is 23.2 Å². The first-order chi connectivity index (χ1) is 9.59. The molecule has 0 amide bonds. The number of phenolic OH excluding ortho intramolecular Hbond substituents is 1. The second kappa shape index (κ2) is 9.37. The van der Waals surface area contributed by atoms with Crippen LogP contribution in [-0.4, -0.2) is 28.9 Å². The smallest absolute Gasteiger partial charge is 0.303 e. The number of carboxylic acids is 1. The van der Waals surface area contributed by atoms with E-state index < -0.39 is 5.97 Å². The van der Waals surface area contributed by atoms with Crippen LogP contribution in [0.5, 0.6) is 5.75 Å². The molecule has 0 bridgehead atoms. The summed E-state index contributed by atoms with van der Waals surface area (Å²) >= 11 is 5.84. The molecular weight excluding hydrogens is 278 g/mol. The van der Waals surface area contributed by atoms with Crippen LogP contribution in [0.1, 0.15) is 44.1 Å². The van der Waals surface area contributed by atoms with Crippen molar-refractivity contribution in [2.24, 2.45) is 4.99 Å². The Morgan fingerprint density at radius 1 is 1.20 bits per heavy atom.